The minimum Gasteiger partial charge on any atom is -0.494 e. The lowest BCUT2D eigenvalue weighted by Crippen LogP contribution is -2.36. The Morgan fingerprint density at radius 3 is 2.89 bits per heavy atom. The fraction of sp³-hybridized carbons (Fsp3) is 0.600. The maximum absolute atomic E-state index is 13.5. The van der Waals surface area contributed by atoms with E-state index >= 15 is 0 Å². The molecule has 4 heteroatoms. The Morgan fingerprint density at radius 1 is 1.21 bits per heavy atom. The largest absolute Gasteiger partial charge is 0.494 e. The number of rotatable bonds is 2. The van der Waals surface area contributed by atoms with Crippen molar-refractivity contribution in [3.8, 4) is 5.75 Å². The van der Waals surface area contributed by atoms with Gasteiger partial charge in [0.1, 0.15) is 0 Å². The van der Waals surface area contributed by atoms with E-state index in [0.29, 0.717) is 11.8 Å². The van der Waals surface area contributed by atoms with Crippen molar-refractivity contribution in [2.24, 2.45) is 0 Å². The van der Waals surface area contributed by atoms with Crippen LogP contribution in [0, 0.1) is 5.82 Å². The molecule has 1 aromatic carbocycles. The second kappa shape index (κ2) is 5.37. The van der Waals surface area contributed by atoms with Crippen molar-refractivity contribution in [2.45, 2.75) is 25.3 Å². The molecule has 0 aromatic heterocycles. The van der Waals surface area contributed by atoms with Crippen LogP contribution in [0.2, 0.25) is 0 Å². The molecule has 2 heterocycles. The van der Waals surface area contributed by atoms with E-state index in [-0.39, 0.29) is 5.82 Å². The normalized spacial score (nSPS) is 24.1. The highest BCUT2D eigenvalue weighted by Crippen LogP contribution is 2.28. The Bertz CT molecular complexity index is 452. The number of anilines is 1. The molecule has 2 saturated heterocycles. The molecule has 0 bridgehead atoms. The lowest BCUT2D eigenvalue weighted by molar-refractivity contribution is 0.273. The number of fused-ring (bicyclic) bond motifs is 1. The van der Waals surface area contributed by atoms with E-state index in [4.69, 9.17) is 4.74 Å². The van der Waals surface area contributed by atoms with Crippen molar-refractivity contribution in [3.05, 3.63) is 24.0 Å². The highest BCUT2D eigenvalue weighted by molar-refractivity contribution is 5.51. The summed E-state index contributed by atoms with van der Waals surface area (Å²) in [5, 5.41) is 0. The number of hydrogen-bond donors (Lipinski definition) is 0. The predicted octanol–water partition coefficient (Wildman–Crippen LogP) is 2.51. The molecular weight excluding hydrogens is 243 g/mol. The van der Waals surface area contributed by atoms with Crippen LogP contribution in [0.3, 0.4) is 0 Å². The van der Waals surface area contributed by atoms with E-state index < -0.39 is 0 Å². The van der Waals surface area contributed by atoms with Crippen LogP contribution in [0.15, 0.2) is 18.2 Å². The standard InChI is InChI=1S/C15H21FN2O/c1-19-15-10-12(5-6-14(15)16)18-9-3-8-17-7-2-4-13(17)11-18/h5-6,10,13H,2-4,7-9,11H2,1H3. The third-order valence-corrected chi connectivity index (χ3v) is 4.30. The maximum Gasteiger partial charge on any atom is 0.165 e. The van der Waals surface area contributed by atoms with Crippen LogP contribution in [-0.2, 0) is 0 Å². The van der Waals surface area contributed by atoms with Crippen molar-refractivity contribution < 1.29 is 9.13 Å². The van der Waals surface area contributed by atoms with Crippen LogP contribution in [0.25, 0.3) is 0 Å². The molecular formula is C15H21FN2O. The van der Waals surface area contributed by atoms with Crippen molar-refractivity contribution in [1.82, 2.24) is 4.90 Å². The molecule has 3 nitrogen and oxygen atoms in total. The van der Waals surface area contributed by atoms with Gasteiger partial charge in [0, 0.05) is 37.4 Å². The molecule has 1 unspecified atom stereocenters. The van der Waals surface area contributed by atoms with Gasteiger partial charge in [-0.15, -0.1) is 0 Å². The zero-order valence-corrected chi connectivity index (χ0v) is 11.4. The van der Waals surface area contributed by atoms with Crippen LogP contribution in [0.4, 0.5) is 10.1 Å². The zero-order valence-electron chi connectivity index (χ0n) is 11.4. The smallest absolute Gasteiger partial charge is 0.165 e. The van der Waals surface area contributed by atoms with Gasteiger partial charge in [0.15, 0.2) is 11.6 Å². The summed E-state index contributed by atoms with van der Waals surface area (Å²) < 4.78 is 18.6. The van der Waals surface area contributed by atoms with Gasteiger partial charge in [-0.3, -0.25) is 4.90 Å². The topological polar surface area (TPSA) is 15.7 Å². The van der Waals surface area contributed by atoms with Gasteiger partial charge in [-0.05, 0) is 37.9 Å². The van der Waals surface area contributed by atoms with Gasteiger partial charge < -0.3 is 9.64 Å². The highest BCUT2D eigenvalue weighted by Gasteiger charge is 2.28. The minimum atomic E-state index is -0.288. The molecule has 0 aliphatic carbocycles. The fourth-order valence-corrected chi connectivity index (χ4v) is 3.29. The molecule has 2 aliphatic heterocycles. The second-order valence-corrected chi connectivity index (χ2v) is 5.45. The van der Waals surface area contributed by atoms with Crippen molar-refractivity contribution >= 4 is 5.69 Å². The van der Waals surface area contributed by atoms with E-state index in [1.165, 1.54) is 45.5 Å². The lowest BCUT2D eigenvalue weighted by Gasteiger charge is -2.27. The summed E-state index contributed by atoms with van der Waals surface area (Å²) in [5.41, 5.74) is 1.08. The summed E-state index contributed by atoms with van der Waals surface area (Å²) in [6, 6.07) is 5.85. The molecule has 0 N–H and O–H groups in total. The van der Waals surface area contributed by atoms with Gasteiger partial charge in [0.05, 0.1) is 7.11 Å². The first-order valence-electron chi connectivity index (χ1n) is 7.10. The summed E-state index contributed by atoms with van der Waals surface area (Å²) in [6.45, 7) is 4.53. The molecule has 1 atom stereocenters. The van der Waals surface area contributed by atoms with E-state index in [2.05, 4.69) is 9.80 Å². The number of halogens is 1. The SMILES string of the molecule is COc1cc(N2CCCN3CCCC3C2)ccc1F. The molecule has 1 aromatic rings. The molecule has 2 fully saturated rings. The summed E-state index contributed by atoms with van der Waals surface area (Å²) >= 11 is 0. The zero-order chi connectivity index (χ0) is 13.2. The Balaban J connectivity index is 1.80. The van der Waals surface area contributed by atoms with Gasteiger partial charge in [-0.1, -0.05) is 0 Å². The van der Waals surface area contributed by atoms with Crippen molar-refractivity contribution in [2.75, 3.05) is 38.2 Å². The summed E-state index contributed by atoms with van der Waals surface area (Å²) in [5.74, 6) is 0.0496. The number of methoxy groups -OCH3 is 1. The quantitative estimate of drug-likeness (QED) is 0.816. The number of benzene rings is 1. The Hall–Kier alpha value is -1.29. The van der Waals surface area contributed by atoms with Gasteiger partial charge in [-0.2, -0.15) is 0 Å². The van der Waals surface area contributed by atoms with E-state index in [1.807, 2.05) is 12.1 Å². The molecule has 0 saturated carbocycles. The fourth-order valence-electron chi connectivity index (χ4n) is 3.29. The van der Waals surface area contributed by atoms with Crippen molar-refractivity contribution in [1.29, 1.82) is 0 Å². The molecule has 0 amide bonds. The van der Waals surface area contributed by atoms with Crippen molar-refractivity contribution in [3.63, 3.8) is 0 Å². The number of ether oxygens (including phenoxy) is 1. The first-order valence-corrected chi connectivity index (χ1v) is 7.10. The van der Waals surface area contributed by atoms with Gasteiger partial charge in [-0.25, -0.2) is 4.39 Å². The van der Waals surface area contributed by atoms with Crippen LogP contribution in [-0.4, -0.2) is 44.2 Å². The molecule has 2 aliphatic rings. The first kappa shape index (κ1) is 12.7. The van der Waals surface area contributed by atoms with E-state index in [1.54, 1.807) is 0 Å². The maximum atomic E-state index is 13.5. The van der Waals surface area contributed by atoms with E-state index in [9.17, 15) is 4.39 Å². The molecule has 0 spiro atoms. The predicted molar refractivity (Wildman–Crippen MR) is 74.4 cm³/mol. The highest BCUT2D eigenvalue weighted by atomic mass is 19.1. The van der Waals surface area contributed by atoms with Crippen LogP contribution in [0.5, 0.6) is 5.75 Å². The molecule has 3 rings (SSSR count). The molecule has 0 radical (unpaired) electrons. The Kier molecular flexibility index (Phi) is 3.60. The Morgan fingerprint density at radius 2 is 2.05 bits per heavy atom. The average molecular weight is 264 g/mol. The van der Waals surface area contributed by atoms with Gasteiger partial charge >= 0.3 is 0 Å². The minimum absolute atomic E-state index is 0.288. The first-order chi connectivity index (χ1) is 9.28. The summed E-state index contributed by atoms with van der Waals surface area (Å²) in [4.78, 5) is 4.97. The van der Waals surface area contributed by atoms with Crippen LogP contribution >= 0.6 is 0 Å². The monoisotopic (exact) mass is 264 g/mol. The Labute approximate surface area is 114 Å². The third kappa shape index (κ3) is 2.54. The average Bonchev–Trinajstić information content (AvgIpc) is 2.77. The second-order valence-electron chi connectivity index (χ2n) is 5.45. The summed E-state index contributed by atoms with van der Waals surface area (Å²) in [6.07, 6.45) is 3.77. The number of hydrogen-bond acceptors (Lipinski definition) is 3. The van der Waals surface area contributed by atoms with E-state index in [0.717, 1.165) is 18.8 Å². The summed E-state index contributed by atoms with van der Waals surface area (Å²) in [7, 11) is 1.52. The lowest BCUT2D eigenvalue weighted by atomic mass is 10.2. The van der Waals surface area contributed by atoms with Crippen LogP contribution < -0.4 is 9.64 Å². The molecule has 19 heavy (non-hydrogen) atoms. The van der Waals surface area contributed by atoms with Crippen LogP contribution in [0.1, 0.15) is 19.3 Å². The third-order valence-electron chi connectivity index (χ3n) is 4.30. The molecule has 104 valence electrons. The number of nitrogens with zero attached hydrogens (tertiary/aromatic N) is 2. The van der Waals surface area contributed by atoms with Gasteiger partial charge in [0.25, 0.3) is 0 Å². The van der Waals surface area contributed by atoms with Gasteiger partial charge in [0.2, 0.25) is 0 Å².